The average Bonchev–Trinajstić information content (AvgIpc) is 3.13. The smallest absolute Gasteiger partial charge is 0.289 e. The van der Waals surface area contributed by atoms with Crippen molar-refractivity contribution in [1.82, 2.24) is 4.90 Å². The highest BCUT2D eigenvalue weighted by Gasteiger charge is 2.25. The molecule has 1 fully saturated rings. The van der Waals surface area contributed by atoms with Crippen LogP contribution in [-0.2, 0) is 5.75 Å². The van der Waals surface area contributed by atoms with Gasteiger partial charge in [0.05, 0.1) is 17.5 Å². The fraction of sp³-hybridized carbons (Fsp3) is 0.250. The molecule has 5 nitrogen and oxygen atoms in total. The summed E-state index contributed by atoms with van der Waals surface area (Å²) in [6.07, 6.45) is 2.45. The van der Waals surface area contributed by atoms with E-state index in [2.05, 4.69) is 23.1 Å². The van der Waals surface area contributed by atoms with Crippen molar-refractivity contribution in [1.29, 1.82) is 5.26 Å². The number of carbonyl (C=O) groups excluding carboxylic acids is 1. The standard InChI is InChI=1S/C24H23N3O2S/c25-17-19-7-4-5-10-22(19)26-12-6-13-27(15-14-26)24(28)23-20(11-16-29-23)18-30-21-8-2-1-3-9-21/h1-5,7-11,16H,6,12-15,18H2. The van der Waals surface area contributed by atoms with Crippen LogP contribution in [-0.4, -0.2) is 37.0 Å². The van der Waals surface area contributed by atoms with E-state index >= 15 is 0 Å². The lowest BCUT2D eigenvalue weighted by atomic mass is 10.1. The number of amides is 1. The second-order valence-electron chi connectivity index (χ2n) is 7.14. The van der Waals surface area contributed by atoms with Crippen molar-refractivity contribution in [2.45, 2.75) is 17.1 Å². The summed E-state index contributed by atoms with van der Waals surface area (Å²) in [7, 11) is 0. The monoisotopic (exact) mass is 417 g/mol. The Bertz CT molecular complexity index is 1040. The zero-order valence-electron chi connectivity index (χ0n) is 16.7. The minimum Gasteiger partial charge on any atom is -0.459 e. The third-order valence-electron chi connectivity index (χ3n) is 5.23. The molecule has 0 saturated carbocycles. The SMILES string of the molecule is N#Cc1ccccc1N1CCCN(C(=O)c2occc2CSc2ccccc2)CC1. The predicted molar refractivity (Wildman–Crippen MR) is 119 cm³/mol. The number of thioether (sulfide) groups is 1. The number of hydrogen-bond donors (Lipinski definition) is 0. The van der Waals surface area contributed by atoms with E-state index in [9.17, 15) is 10.1 Å². The number of benzene rings is 2. The van der Waals surface area contributed by atoms with Crippen LogP contribution in [0.1, 0.15) is 28.1 Å². The van der Waals surface area contributed by atoms with Crippen LogP contribution in [0.25, 0.3) is 0 Å². The summed E-state index contributed by atoms with van der Waals surface area (Å²) in [5.41, 5.74) is 2.53. The van der Waals surface area contributed by atoms with Gasteiger partial charge in [-0.15, -0.1) is 11.8 Å². The molecule has 30 heavy (non-hydrogen) atoms. The molecule has 0 unspecified atom stereocenters. The van der Waals surface area contributed by atoms with Gasteiger partial charge in [-0.25, -0.2) is 0 Å². The second kappa shape index (κ2) is 9.55. The Morgan fingerprint density at radius 2 is 1.80 bits per heavy atom. The molecule has 0 spiro atoms. The predicted octanol–water partition coefficient (Wildman–Crippen LogP) is 4.80. The Morgan fingerprint density at radius 3 is 2.63 bits per heavy atom. The Labute approximate surface area is 180 Å². The Balaban J connectivity index is 1.42. The molecule has 0 radical (unpaired) electrons. The highest BCUT2D eigenvalue weighted by Crippen LogP contribution is 2.26. The third-order valence-corrected chi connectivity index (χ3v) is 6.29. The average molecular weight is 418 g/mol. The summed E-state index contributed by atoms with van der Waals surface area (Å²) in [6, 6.07) is 21.9. The van der Waals surface area contributed by atoms with Crippen molar-refractivity contribution in [2.75, 3.05) is 31.1 Å². The van der Waals surface area contributed by atoms with Crippen LogP contribution in [0.4, 0.5) is 5.69 Å². The number of hydrogen-bond acceptors (Lipinski definition) is 5. The Kier molecular flexibility index (Phi) is 6.41. The van der Waals surface area contributed by atoms with Crippen LogP contribution in [0, 0.1) is 11.3 Å². The van der Waals surface area contributed by atoms with Gasteiger partial charge in [-0.2, -0.15) is 5.26 Å². The van der Waals surface area contributed by atoms with Crippen molar-refractivity contribution in [2.24, 2.45) is 0 Å². The van der Waals surface area contributed by atoms with Crippen LogP contribution in [0.3, 0.4) is 0 Å². The van der Waals surface area contributed by atoms with Crippen LogP contribution in [0.2, 0.25) is 0 Å². The van der Waals surface area contributed by atoms with Gasteiger partial charge in [0.2, 0.25) is 0 Å². The number of anilines is 1. The van der Waals surface area contributed by atoms with Gasteiger partial charge in [0.1, 0.15) is 6.07 Å². The maximum absolute atomic E-state index is 13.2. The zero-order chi connectivity index (χ0) is 20.8. The second-order valence-corrected chi connectivity index (χ2v) is 8.19. The Hall–Kier alpha value is -3.17. The molecule has 0 aliphatic carbocycles. The van der Waals surface area contributed by atoms with E-state index < -0.39 is 0 Å². The first-order valence-corrected chi connectivity index (χ1v) is 11.0. The number of nitrogens with zero attached hydrogens (tertiary/aromatic N) is 3. The summed E-state index contributed by atoms with van der Waals surface area (Å²) >= 11 is 1.69. The lowest BCUT2D eigenvalue weighted by Gasteiger charge is -2.24. The van der Waals surface area contributed by atoms with E-state index in [1.54, 1.807) is 18.0 Å². The third kappa shape index (κ3) is 4.52. The first kappa shape index (κ1) is 20.1. The molecule has 2 aromatic carbocycles. The largest absolute Gasteiger partial charge is 0.459 e. The van der Waals surface area contributed by atoms with Gasteiger partial charge in [0, 0.05) is 42.4 Å². The molecule has 152 valence electrons. The first-order chi connectivity index (χ1) is 14.8. The molecule has 1 saturated heterocycles. The Morgan fingerprint density at radius 1 is 1.00 bits per heavy atom. The molecule has 1 aliphatic rings. The van der Waals surface area contributed by atoms with E-state index in [1.165, 1.54) is 4.90 Å². The van der Waals surface area contributed by atoms with Crippen molar-refractivity contribution in [3.8, 4) is 6.07 Å². The van der Waals surface area contributed by atoms with Crippen molar-refractivity contribution in [3.05, 3.63) is 83.8 Å². The van der Waals surface area contributed by atoms with Gasteiger partial charge in [-0.05, 0) is 36.8 Å². The molecule has 0 bridgehead atoms. The first-order valence-electron chi connectivity index (χ1n) is 10.0. The fourth-order valence-electron chi connectivity index (χ4n) is 3.66. The molecule has 0 atom stereocenters. The zero-order valence-corrected chi connectivity index (χ0v) is 17.5. The maximum Gasteiger partial charge on any atom is 0.289 e. The summed E-state index contributed by atoms with van der Waals surface area (Å²) in [5, 5.41) is 9.39. The van der Waals surface area contributed by atoms with E-state index in [-0.39, 0.29) is 5.91 Å². The molecule has 3 aromatic rings. The van der Waals surface area contributed by atoms with Crippen LogP contribution < -0.4 is 4.90 Å². The molecule has 4 rings (SSSR count). The molecule has 1 amide bonds. The number of rotatable bonds is 5. The minimum absolute atomic E-state index is 0.0564. The summed E-state index contributed by atoms with van der Waals surface area (Å²) in [4.78, 5) is 18.4. The van der Waals surface area contributed by atoms with Gasteiger partial charge < -0.3 is 14.2 Å². The van der Waals surface area contributed by atoms with Gasteiger partial charge in [-0.1, -0.05) is 30.3 Å². The van der Waals surface area contributed by atoms with Crippen LogP contribution >= 0.6 is 11.8 Å². The molecule has 6 heteroatoms. The van der Waals surface area contributed by atoms with Gasteiger partial charge >= 0.3 is 0 Å². The maximum atomic E-state index is 13.2. The van der Waals surface area contributed by atoms with Gasteiger partial charge in [-0.3, -0.25) is 4.79 Å². The molecule has 0 N–H and O–H groups in total. The van der Waals surface area contributed by atoms with E-state index in [0.717, 1.165) is 24.2 Å². The summed E-state index contributed by atoms with van der Waals surface area (Å²) < 4.78 is 5.60. The van der Waals surface area contributed by atoms with Crippen molar-refractivity contribution in [3.63, 3.8) is 0 Å². The minimum atomic E-state index is -0.0564. The lowest BCUT2D eigenvalue weighted by molar-refractivity contribution is 0.0734. The van der Waals surface area contributed by atoms with Crippen LogP contribution in [0.5, 0.6) is 0 Å². The summed E-state index contributed by atoms with van der Waals surface area (Å²) in [5.74, 6) is 1.07. The molecule has 1 aromatic heterocycles. The normalized spacial score (nSPS) is 14.2. The number of furan rings is 1. The highest BCUT2D eigenvalue weighted by molar-refractivity contribution is 7.98. The molecule has 2 heterocycles. The van der Waals surface area contributed by atoms with Crippen molar-refractivity contribution < 1.29 is 9.21 Å². The topological polar surface area (TPSA) is 60.5 Å². The van der Waals surface area contributed by atoms with Gasteiger partial charge in [0.15, 0.2) is 5.76 Å². The van der Waals surface area contributed by atoms with E-state index in [4.69, 9.17) is 4.42 Å². The molecular formula is C24H23N3O2S. The number of nitriles is 1. The number of carbonyl (C=O) groups is 1. The molecule has 1 aliphatic heterocycles. The van der Waals surface area contributed by atoms with E-state index in [0.29, 0.717) is 36.7 Å². The van der Waals surface area contributed by atoms with Crippen LogP contribution in [0.15, 0.2) is 76.2 Å². The molecular weight excluding hydrogens is 394 g/mol. The van der Waals surface area contributed by atoms with Gasteiger partial charge in [0.25, 0.3) is 5.91 Å². The lowest BCUT2D eigenvalue weighted by Crippen LogP contribution is -2.35. The van der Waals surface area contributed by atoms with Crippen molar-refractivity contribution >= 4 is 23.4 Å². The van der Waals surface area contributed by atoms with E-state index in [1.807, 2.05) is 53.4 Å². The highest BCUT2D eigenvalue weighted by atomic mass is 32.2. The summed E-state index contributed by atoms with van der Waals surface area (Å²) in [6.45, 7) is 2.79. The quantitative estimate of drug-likeness (QED) is 0.558. The fourth-order valence-corrected chi connectivity index (χ4v) is 4.56. The number of para-hydroxylation sites is 1.